The van der Waals surface area contributed by atoms with Gasteiger partial charge >= 0.3 is 5.97 Å². The van der Waals surface area contributed by atoms with Crippen LogP contribution in [-0.4, -0.2) is 16.9 Å². The fourth-order valence-electron chi connectivity index (χ4n) is 2.44. The number of carboxylic acids is 1. The third kappa shape index (κ3) is 2.70. The van der Waals surface area contributed by atoms with Gasteiger partial charge in [-0.1, -0.05) is 6.07 Å². The van der Waals surface area contributed by atoms with E-state index in [0.29, 0.717) is 10.9 Å². The van der Waals surface area contributed by atoms with Crippen molar-refractivity contribution in [2.45, 2.75) is 6.42 Å². The van der Waals surface area contributed by atoms with Crippen molar-refractivity contribution < 1.29 is 27.9 Å². The molecule has 2 aromatic carbocycles. The molecular weight excluding hydrogens is 306 g/mol. The Bertz CT molecular complexity index is 907. The number of hydrogen-bond acceptors (Lipinski definition) is 3. The van der Waals surface area contributed by atoms with E-state index in [1.54, 1.807) is 12.1 Å². The third-order valence-corrected chi connectivity index (χ3v) is 3.40. The van der Waals surface area contributed by atoms with Crippen LogP contribution in [0.1, 0.15) is 21.5 Å². The van der Waals surface area contributed by atoms with Crippen LogP contribution in [0.25, 0.3) is 11.0 Å². The molecule has 0 saturated heterocycles. The molecule has 116 valence electrons. The van der Waals surface area contributed by atoms with E-state index in [4.69, 9.17) is 9.52 Å². The van der Waals surface area contributed by atoms with E-state index in [9.17, 15) is 18.4 Å². The number of furan rings is 1. The first kappa shape index (κ1) is 14.9. The maximum Gasteiger partial charge on any atom is 0.307 e. The van der Waals surface area contributed by atoms with E-state index >= 15 is 0 Å². The molecule has 0 saturated carbocycles. The molecule has 0 unspecified atom stereocenters. The van der Waals surface area contributed by atoms with Crippen molar-refractivity contribution >= 4 is 22.7 Å². The zero-order valence-electron chi connectivity index (χ0n) is 11.7. The molecular formula is C17H10F2O4. The van der Waals surface area contributed by atoms with Crippen molar-refractivity contribution in [3.05, 3.63) is 71.0 Å². The summed E-state index contributed by atoms with van der Waals surface area (Å²) in [4.78, 5) is 23.4. The Hall–Kier alpha value is -3.02. The maximum atomic E-state index is 13.8. The second kappa shape index (κ2) is 5.64. The molecule has 0 aliphatic rings. The highest BCUT2D eigenvalue weighted by atomic mass is 19.1. The summed E-state index contributed by atoms with van der Waals surface area (Å²) in [5.74, 6) is -3.95. The molecule has 0 spiro atoms. The molecule has 0 radical (unpaired) electrons. The number of aliphatic carboxylic acids is 1. The predicted octanol–water partition coefficient (Wildman–Crippen LogP) is 3.57. The second-order valence-corrected chi connectivity index (χ2v) is 4.98. The lowest BCUT2D eigenvalue weighted by molar-refractivity contribution is -0.136. The van der Waals surface area contributed by atoms with Crippen molar-refractivity contribution in [3.63, 3.8) is 0 Å². The van der Waals surface area contributed by atoms with Crippen molar-refractivity contribution in [3.8, 4) is 0 Å². The molecule has 0 aliphatic carbocycles. The van der Waals surface area contributed by atoms with Gasteiger partial charge in [0, 0.05) is 5.39 Å². The van der Waals surface area contributed by atoms with Crippen LogP contribution >= 0.6 is 0 Å². The quantitative estimate of drug-likeness (QED) is 0.747. The Labute approximate surface area is 129 Å². The van der Waals surface area contributed by atoms with Gasteiger partial charge in [0.2, 0.25) is 5.78 Å². The van der Waals surface area contributed by atoms with Crippen LogP contribution in [0.2, 0.25) is 0 Å². The Morgan fingerprint density at radius 3 is 2.43 bits per heavy atom. The summed E-state index contributed by atoms with van der Waals surface area (Å²) >= 11 is 0. The van der Waals surface area contributed by atoms with Gasteiger partial charge in [0.05, 0.1) is 23.8 Å². The molecule has 0 aliphatic heterocycles. The largest absolute Gasteiger partial charge is 0.481 e. The number of rotatable bonds is 4. The second-order valence-electron chi connectivity index (χ2n) is 4.98. The van der Waals surface area contributed by atoms with E-state index in [0.717, 1.165) is 18.2 Å². The van der Waals surface area contributed by atoms with E-state index in [2.05, 4.69) is 0 Å². The van der Waals surface area contributed by atoms with Gasteiger partial charge in [0.25, 0.3) is 0 Å². The third-order valence-electron chi connectivity index (χ3n) is 3.40. The summed E-state index contributed by atoms with van der Waals surface area (Å²) in [5, 5.41) is 9.39. The Kier molecular flexibility index (Phi) is 3.65. The van der Waals surface area contributed by atoms with Crippen LogP contribution in [0.3, 0.4) is 0 Å². The number of hydrogen-bond donors (Lipinski definition) is 1. The number of carboxylic acid groups (broad SMARTS) is 1. The molecule has 1 heterocycles. The average molecular weight is 316 g/mol. The van der Waals surface area contributed by atoms with Crippen LogP contribution in [-0.2, 0) is 11.2 Å². The monoisotopic (exact) mass is 316 g/mol. The molecule has 0 fully saturated rings. The van der Waals surface area contributed by atoms with E-state index in [1.165, 1.54) is 12.3 Å². The summed E-state index contributed by atoms with van der Waals surface area (Å²) in [7, 11) is 0. The molecule has 6 heteroatoms. The Morgan fingerprint density at radius 1 is 1.09 bits per heavy atom. The van der Waals surface area contributed by atoms with Crippen LogP contribution in [0, 0.1) is 11.6 Å². The fourth-order valence-corrected chi connectivity index (χ4v) is 2.44. The number of benzene rings is 2. The summed E-state index contributed by atoms with van der Waals surface area (Å²) in [6.45, 7) is 0. The van der Waals surface area contributed by atoms with Crippen LogP contribution in [0.5, 0.6) is 0 Å². The SMILES string of the molecule is O=C(O)Cc1cc(C(=O)c2c(F)cccc2F)c2occc2c1. The minimum atomic E-state index is -1.08. The van der Waals surface area contributed by atoms with Crippen LogP contribution in [0.4, 0.5) is 8.78 Å². The number of carbonyl (C=O) groups excluding carboxylic acids is 1. The highest BCUT2D eigenvalue weighted by Crippen LogP contribution is 2.26. The van der Waals surface area contributed by atoms with E-state index in [-0.39, 0.29) is 17.6 Å². The van der Waals surface area contributed by atoms with Gasteiger partial charge in [-0.15, -0.1) is 0 Å². The number of carbonyl (C=O) groups is 2. The van der Waals surface area contributed by atoms with Crippen molar-refractivity contribution in [2.75, 3.05) is 0 Å². The van der Waals surface area contributed by atoms with Crippen molar-refractivity contribution in [2.24, 2.45) is 0 Å². The lowest BCUT2D eigenvalue weighted by Crippen LogP contribution is -2.09. The average Bonchev–Trinajstić information content (AvgIpc) is 2.93. The number of fused-ring (bicyclic) bond motifs is 1. The lowest BCUT2D eigenvalue weighted by atomic mass is 9.97. The van der Waals surface area contributed by atoms with Crippen molar-refractivity contribution in [1.29, 1.82) is 0 Å². The first-order chi connectivity index (χ1) is 11.0. The summed E-state index contributed by atoms with van der Waals surface area (Å²) in [6.07, 6.45) is 1.00. The molecule has 1 aromatic heterocycles. The topological polar surface area (TPSA) is 67.5 Å². The summed E-state index contributed by atoms with van der Waals surface area (Å²) in [6, 6.07) is 7.52. The van der Waals surface area contributed by atoms with Gasteiger partial charge < -0.3 is 9.52 Å². The zero-order chi connectivity index (χ0) is 16.6. The Balaban J connectivity index is 2.20. The molecule has 3 rings (SSSR count). The van der Waals surface area contributed by atoms with Gasteiger partial charge in [0.15, 0.2) is 0 Å². The molecule has 4 nitrogen and oxygen atoms in total. The first-order valence-electron chi connectivity index (χ1n) is 6.68. The molecule has 3 aromatic rings. The lowest BCUT2D eigenvalue weighted by Gasteiger charge is -2.07. The first-order valence-corrected chi connectivity index (χ1v) is 6.68. The Morgan fingerprint density at radius 2 is 1.78 bits per heavy atom. The van der Waals surface area contributed by atoms with Crippen LogP contribution < -0.4 is 0 Å². The summed E-state index contributed by atoms with van der Waals surface area (Å²) in [5.41, 5.74) is -0.274. The number of halogens is 2. The standard InChI is InChI=1S/C17H10F2O4/c18-12-2-1-3-13(19)15(12)16(22)11-7-9(8-14(20)21)6-10-4-5-23-17(10)11/h1-7H,8H2,(H,20,21). The van der Waals surface area contributed by atoms with Gasteiger partial charge in [-0.05, 0) is 35.9 Å². The molecule has 0 bridgehead atoms. The zero-order valence-corrected chi connectivity index (χ0v) is 11.7. The highest BCUT2D eigenvalue weighted by Gasteiger charge is 2.23. The predicted molar refractivity (Wildman–Crippen MR) is 77.3 cm³/mol. The van der Waals surface area contributed by atoms with Gasteiger partial charge in [0.1, 0.15) is 17.2 Å². The summed E-state index contributed by atoms with van der Waals surface area (Å²) < 4.78 is 32.9. The molecule has 0 amide bonds. The normalized spacial score (nSPS) is 10.9. The smallest absolute Gasteiger partial charge is 0.307 e. The fraction of sp³-hybridized carbons (Fsp3) is 0.0588. The van der Waals surface area contributed by atoms with E-state index in [1.807, 2.05) is 0 Å². The minimum Gasteiger partial charge on any atom is -0.481 e. The maximum absolute atomic E-state index is 13.8. The highest BCUT2D eigenvalue weighted by molar-refractivity contribution is 6.15. The molecule has 1 N–H and O–H groups in total. The van der Waals surface area contributed by atoms with Gasteiger partial charge in [-0.25, -0.2) is 8.78 Å². The number of ketones is 1. The van der Waals surface area contributed by atoms with Gasteiger partial charge in [-0.3, -0.25) is 9.59 Å². The molecule has 0 atom stereocenters. The van der Waals surface area contributed by atoms with Crippen LogP contribution in [0.15, 0.2) is 47.1 Å². The molecule has 23 heavy (non-hydrogen) atoms. The van der Waals surface area contributed by atoms with Crippen molar-refractivity contribution in [1.82, 2.24) is 0 Å². The van der Waals surface area contributed by atoms with Gasteiger partial charge in [-0.2, -0.15) is 0 Å². The van der Waals surface area contributed by atoms with E-state index < -0.39 is 29.0 Å². The minimum absolute atomic E-state index is 0.0762.